The van der Waals surface area contributed by atoms with Gasteiger partial charge in [-0.15, -0.1) is 0 Å². The van der Waals surface area contributed by atoms with Gasteiger partial charge in [0.1, 0.15) is 11.4 Å². The summed E-state index contributed by atoms with van der Waals surface area (Å²) in [5.74, 6) is -0.966. The fraction of sp³-hybridized carbons (Fsp3) is 0.0645. The molecule has 0 fully saturated rings. The molecule has 0 radical (unpaired) electrons. The number of hydrogen-bond donors (Lipinski definition) is 2. The van der Waals surface area contributed by atoms with Gasteiger partial charge in [0.15, 0.2) is 0 Å². The van der Waals surface area contributed by atoms with Crippen molar-refractivity contribution in [3.63, 3.8) is 0 Å². The van der Waals surface area contributed by atoms with E-state index < -0.39 is 16.8 Å². The lowest BCUT2D eigenvalue weighted by molar-refractivity contribution is -0.384. The Balaban J connectivity index is 1.40. The molecule has 0 bridgehead atoms. The summed E-state index contributed by atoms with van der Waals surface area (Å²) in [6.07, 6.45) is 1.37. The van der Waals surface area contributed by atoms with Crippen molar-refractivity contribution in [2.75, 3.05) is 19.0 Å². The highest BCUT2D eigenvalue weighted by Crippen LogP contribution is 2.34. The van der Waals surface area contributed by atoms with E-state index in [4.69, 9.17) is 4.74 Å². The predicted octanol–water partition coefficient (Wildman–Crippen LogP) is 6.55. The maximum absolute atomic E-state index is 13.4. The van der Waals surface area contributed by atoms with E-state index in [0.29, 0.717) is 15.7 Å². The van der Waals surface area contributed by atoms with Crippen molar-refractivity contribution in [2.24, 2.45) is 5.10 Å². The Morgan fingerprint density at radius 1 is 1.00 bits per heavy atom. The maximum atomic E-state index is 13.4. The molecule has 5 rings (SSSR count). The zero-order chi connectivity index (χ0) is 29.8. The van der Waals surface area contributed by atoms with E-state index in [2.05, 4.69) is 31.4 Å². The third-order valence-corrected chi connectivity index (χ3v) is 6.94. The van der Waals surface area contributed by atoms with Gasteiger partial charge in [-0.3, -0.25) is 14.9 Å². The Morgan fingerprint density at radius 2 is 1.74 bits per heavy atom. The summed E-state index contributed by atoms with van der Waals surface area (Å²) in [5.41, 5.74) is 6.77. The van der Waals surface area contributed by atoms with Gasteiger partial charge < -0.3 is 14.6 Å². The number of nitrogens with zero attached hydrogens (tertiary/aromatic N) is 3. The first-order valence-electron chi connectivity index (χ1n) is 12.7. The van der Waals surface area contributed by atoms with Crippen LogP contribution in [0.5, 0.6) is 5.75 Å². The Morgan fingerprint density at radius 3 is 2.43 bits per heavy atom. The summed E-state index contributed by atoms with van der Waals surface area (Å²) in [5, 5.41) is 15.9. The molecule has 2 N–H and O–H groups in total. The molecule has 210 valence electrons. The molecule has 1 aromatic heterocycles. The second-order valence-electron chi connectivity index (χ2n) is 9.44. The Hall–Kier alpha value is -5.29. The summed E-state index contributed by atoms with van der Waals surface area (Å²) in [4.78, 5) is 41.7. The first-order chi connectivity index (χ1) is 20.2. The molecule has 0 unspecified atom stereocenters. The lowest BCUT2D eigenvalue weighted by Crippen LogP contribution is -2.19. The number of H-pyrrole nitrogens is 1. The predicted molar refractivity (Wildman–Crippen MR) is 165 cm³/mol. The van der Waals surface area contributed by atoms with E-state index >= 15 is 0 Å². The number of benzene rings is 4. The lowest BCUT2D eigenvalue weighted by atomic mass is 10.0. The summed E-state index contributed by atoms with van der Waals surface area (Å²) < 4.78 is 6.23. The van der Waals surface area contributed by atoms with Crippen LogP contribution in [0.2, 0.25) is 0 Å². The van der Waals surface area contributed by atoms with Gasteiger partial charge in [0.2, 0.25) is 0 Å². The highest BCUT2D eigenvalue weighted by molar-refractivity contribution is 9.10. The van der Waals surface area contributed by atoms with Crippen LogP contribution in [0.25, 0.3) is 22.0 Å². The van der Waals surface area contributed by atoms with Crippen LogP contribution in [-0.4, -0.2) is 42.1 Å². The molecule has 10 nitrogen and oxygen atoms in total. The van der Waals surface area contributed by atoms with Crippen molar-refractivity contribution in [3.8, 4) is 16.9 Å². The average Bonchev–Trinajstić information content (AvgIpc) is 3.38. The van der Waals surface area contributed by atoms with Gasteiger partial charge in [-0.05, 0) is 54.1 Å². The van der Waals surface area contributed by atoms with Gasteiger partial charge in [-0.2, -0.15) is 5.10 Å². The number of esters is 1. The zero-order valence-electron chi connectivity index (χ0n) is 22.5. The van der Waals surface area contributed by atoms with E-state index in [0.717, 1.165) is 27.7 Å². The number of carbonyl (C=O) groups excluding carboxylic acids is 2. The van der Waals surface area contributed by atoms with Gasteiger partial charge in [0.25, 0.3) is 11.6 Å². The van der Waals surface area contributed by atoms with Crippen LogP contribution in [0.3, 0.4) is 0 Å². The summed E-state index contributed by atoms with van der Waals surface area (Å²) >= 11 is 3.40. The van der Waals surface area contributed by atoms with Crippen LogP contribution in [0.1, 0.15) is 26.4 Å². The molecule has 11 heteroatoms. The molecule has 0 aliphatic carbocycles. The number of aromatic amines is 1. The van der Waals surface area contributed by atoms with Crippen molar-refractivity contribution >= 4 is 56.3 Å². The Kier molecular flexibility index (Phi) is 8.12. The standard InChI is InChI=1S/C31H24BrN5O5/c1-36(2)24-13-14-26-25(17-24)28(19-6-4-3-5-7-19)29(34-26)30(38)35-33-18-21-16-22(32)10-15-27(21)42-31(39)20-8-11-23(12-9-20)37(40)41/h3-18,34H,1-2H3,(H,35,38). The van der Waals surface area contributed by atoms with Crippen LogP contribution in [0.15, 0.2) is 101 Å². The maximum Gasteiger partial charge on any atom is 0.343 e. The number of nitro benzene ring substituents is 1. The van der Waals surface area contributed by atoms with Crippen LogP contribution in [-0.2, 0) is 0 Å². The number of carbonyl (C=O) groups is 2. The molecule has 1 amide bonds. The van der Waals surface area contributed by atoms with Crippen LogP contribution >= 0.6 is 15.9 Å². The third-order valence-electron chi connectivity index (χ3n) is 6.45. The number of hydrogen-bond acceptors (Lipinski definition) is 7. The second kappa shape index (κ2) is 12.1. The van der Waals surface area contributed by atoms with Crippen molar-refractivity contribution in [2.45, 2.75) is 0 Å². The monoisotopic (exact) mass is 625 g/mol. The number of amides is 1. The van der Waals surface area contributed by atoms with Gasteiger partial charge in [-0.1, -0.05) is 46.3 Å². The minimum absolute atomic E-state index is 0.137. The minimum Gasteiger partial charge on any atom is -0.422 e. The number of halogens is 1. The van der Waals surface area contributed by atoms with Crippen LogP contribution < -0.4 is 15.1 Å². The summed E-state index contributed by atoms with van der Waals surface area (Å²) in [6, 6.07) is 25.6. The number of rotatable bonds is 8. The van der Waals surface area contributed by atoms with Crippen LogP contribution in [0.4, 0.5) is 11.4 Å². The van der Waals surface area contributed by atoms with Crippen LogP contribution in [0, 0.1) is 10.1 Å². The SMILES string of the molecule is CN(C)c1ccc2[nH]c(C(=O)NN=Cc3cc(Br)ccc3OC(=O)c3ccc([N+](=O)[O-])cc3)c(-c3ccccc3)c2c1. The quantitative estimate of drug-likeness (QED) is 0.0660. The fourth-order valence-corrected chi connectivity index (χ4v) is 4.72. The summed E-state index contributed by atoms with van der Waals surface area (Å²) in [6.45, 7) is 0. The molecule has 42 heavy (non-hydrogen) atoms. The van der Waals surface area contributed by atoms with E-state index in [1.165, 1.54) is 30.5 Å². The number of non-ortho nitro benzene ring substituents is 1. The second-order valence-corrected chi connectivity index (χ2v) is 10.4. The van der Waals surface area contributed by atoms with Crippen molar-refractivity contribution in [1.29, 1.82) is 0 Å². The molecule has 4 aromatic carbocycles. The zero-order valence-corrected chi connectivity index (χ0v) is 24.1. The molecule has 1 heterocycles. The first-order valence-corrected chi connectivity index (χ1v) is 13.5. The number of nitrogens with one attached hydrogen (secondary N) is 2. The topological polar surface area (TPSA) is 130 Å². The normalized spacial score (nSPS) is 11.0. The van der Waals surface area contributed by atoms with Crippen molar-refractivity contribution in [3.05, 3.63) is 122 Å². The Labute approximate surface area is 248 Å². The van der Waals surface area contributed by atoms with Gasteiger partial charge >= 0.3 is 5.97 Å². The van der Waals surface area contributed by atoms with Crippen molar-refractivity contribution in [1.82, 2.24) is 10.4 Å². The number of fused-ring (bicyclic) bond motifs is 1. The number of anilines is 1. The highest BCUT2D eigenvalue weighted by atomic mass is 79.9. The number of aromatic nitrogens is 1. The number of hydrazone groups is 1. The van der Waals surface area contributed by atoms with Gasteiger partial charge in [-0.25, -0.2) is 10.2 Å². The molecule has 0 saturated heterocycles. The third kappa shape index (κ3) is 6.06. The fourth-order valence-electron chi connectivity index (χ4n) is 4.34. The molecule has 0 aliphatic rings. The smallest absolute Gasteiger partial charge is 0.343 e. The lowest BCUT2D eigenvalue weighted by Gasteiger charge is -2.12. The average molecular weight is 626 g/mol. The van der Waals surface area contributed by atoms with Crippen molar-refractivity contribution < 1.29 is 19.2 Å². The molecule has 0 saturated carbocycles. The highest BCUT2D eigenvalue weighted by Gasteiger charge is 2.20. The molecular weight excluding hydrogens is 602 g/mol. The molecule has 0 spiro atoms. The largest absolute Gasteiger partial charge is 0.422 e. The van der Waals surface area contributed by atoms with E-state index in [1.54, 1.807) is 18.2 Å². The van der Waals surface area contributed by atoms with E-state index in [-0.39, 0.29) is 17.0 Å². The van der Waals surface area contributed by atoms with E-state index in [1.807, 2.05) is 67.5 Å². The Bertz CT molecular complexity index is 1830. The number of ether oxygens (including phenoxy) is 1. The molecular formula is C31H24BrN5O5. The van der Waals surface area contributed by atoms with Gasteiger partial charge in [0, 0.05) is 58.4 Å². The molecule has 0 atom stereocenters. The number of nitro groups is 1. The molecule has 0 aliphatic heterocycles. The van der Waals surface area contributed by atoms with E-state index in [9.17, 15) is 19.7 Å². The molecule has 5 aromatic rings. The first kappa shape index (κ1) is 28.2. The minimum atomic E-state index is -0.700. The van der Waals surface area contributed by atoms with Gasteiger partial charge in [0.05, 0.1) is 16.7 Å². The summed E-state index contributed by atoms with van der Waals surface area (Å²) in [7, 11) is 3.91.